The Labute approximate surface area is 125 Å². The first-order valence-corrected chi connectivity index (χ1v) is 7.07. The lowest BCUT2D eigenvalue weighted by Gasteiger charge is -2.33. The Balaban J connectivity index is 1.99. The van der Waals surface area contributed by atoms with E-state index in [9.17, 15) is 4.79 Å². The first-order valence-electron chi connectivity index (χ1n) is 7.07. The zero-order chi connectivity index (χ0) is 15.1. The van der Waals surface area contributed by atoms with E-state index in [1.54, 1.807) is 0 Å². The molecule has 0 amide bonds. The summed E-state index contributed by atoms with van der Waals surface area (Å²) < 4.78 is 6.08. The monoisotopic (exact) mass is 284 g/mol. The number of fused-ring (bicyclic) bond motifs is 2. The van der Waals surface area contributed by atoms with Gasteiger partial charge >= 0.3 is 0 Å². The summed E-state index contributed by atoms with van der Waals surface area (Å²) in [5, 5.41) is 0. The summed E-state index contributed by atoms with van der Waals surface area (Å²) in [4.78, 5) is 16.6. The van der Waals surface area contributed by atoms with Gasteiger partial charge in [-0.25, -0.2) is 0 Å². The van der Waals surface area contributed by atoms with Gasteiger partial charge in [0.2, 0.25) is 0 Å². The van der Waals surface area contributed by atoms with Crippen LogP contribution in [-0.4, -0.2) is 45.0 Å². The zero-order valence-electron chi connectivity index (χ0n) is 12.8. The Morgan fingerprint density at radius 1 is 1.10 bits per heavy atom. The molecule has 0 spiro atoms. The van der Waals surface area contributed by atoms with Crippen LogP contribution in [0.4, 0.5) is 5.69 Å². The van der Waals surface area contributed by atoms with E-state index in [0.717, 1.165) is 11.4 Å². The van der Waals surface area contributed by atoms with E-state index in [4.69, 9.17) is 4.74 Å². The maximum absolute atomic E-state index is 12.6. The third-order valence-electron chi connectivity index (χ3n) is 3.99. The number of ketones is 1. The number of anilines is 1. The molecule has 1 heterocycles. The number of likely N-dealkylation sites (N-methyl/N-ethyl adjacent to an activating group) is 1. The molecule has 1 aliphatic carbocycles. The van der Waals surface area contributed by atoms with Gasteiger partial charge in [0.05, 0.1) is 11.5 Å². The van der Waals surface area contributed by atoms with E-state index < -0.39 is 0 Å². The van der Waals surface area contributed by atoms with Crippen LogP contribution in [0.2, 0.25) is 0 Å². The average Bonchev–Trinajstić information content (AvgIpc) is 2.46. The highest BCUT2D eigenvalue weighted by Crippen LogP contribution is 2.36. The molecular weight excluding hydrogens is 264 g/mol. The fraction of sp³-hybridized carbons (Fsp3) is 0.353. The molecule has 2 atom stereocenters. The Hall–Kier alpha value is -2.23. The summed E-state index contributed by atoms with van der Waals surface area (Å²) in [5.41, 5.74) is 2.77. The molecule has 1 aromatic carbocycles. The van der Waals surface area contributed by atoms with Crippen molar-refractivity contribution in [3.8, 4) is 5.75 Å². The molecule has 4 heteroatoms. The third kappa shape index (κ3) is 2.31. The summed E-state index contributed by atoms with van der Waals surface area (Å²) in [6, 6.07) is 5.75. The van der Waals surface area contributed by atoms with Crippen molar-refractivity contribution in [2.45, 2.75) is 6.10 Å². The first kappa shape index (κ1) is 13.7. The van der Waals surface area contributed by atoms with Crippen LogP contribution in [0.1, 0.15) is 10.4 Å². The van der Waals surface area contributed by atoms with Gasteiger partial charge in [0, 0.05) is 45.6 Å². The minimum atomic E-state index is -0.218. The van der Waals surface area contributed by atoms with Crippen LogP contribution in [0.3, 0.4) is 0 Å². The van der Waals surface area contributed by atoms with Crippen LogP contribution in [0.15, 0.2) is 42.1 Å². The molecule has 0 aromatic heterocycles. The van der Waals surface area contributed by atoms with Crippen LogP contribution < -0.4 is 9.64 Å². The number of benzene rings is 1. The highest BCUT2D eigenvalue weighted by molar-refractivity contribution is 6.03. The Morgan fingerprint density at radius 3 is 2.52 bits per heavy atom. The molecule has 0 saturated carbocycles. The number of Topliss-reactive ketones (excluding diaryl/α,β-unsaturated/α-hetero) is 1. The SMILES string of the molecule is CN(C)C1=CC2Oc3cc(N(C)C)ccc3C(=O)C2C=C1. The van der Waals surface area contributed by atoms with Crippen LogP contribution in [0, 0.1) is 5.92 Å². The molecule has 110 valence electrons. The van der Waals surface area contributed by atoms with Gasteiger partial charge in [-0.3, -0.25) is 4.79 Å². The summed E-state index contributed by atoms with van der Waals surface area (Å²) in [6.45, 7) is 0. The zero-order valence-corrected chi connectivity index (χ0v) is 12.8. The minimum Gasteiger partial charge on any atom is -0.484 e. The molecule has 3 rings (SSSR count). The quantitative estimate of drug-likeness (QED) is 0.834. The van der Waals surface area contributed by atoms with Gasteiger partial charge in [-0.05, 0) is 24.3 Å². The molecule has 0 radical (unpaired) electrons. The smallest absolute Gasteiger partial charge is 0.177 e. The molecule has 2 aliphatic rings. The molecule has 0 saturated heterocycles. The number of nitrogens with zero attached hydrogens (tertiary/aromatic N) is 2. The highest BCUT2D eigenvalue weighted by atomic mass is 16.5. The molecule has 4 nitrogen and oxygen atoms in total. The predicted octanol–water partition coefficient (Wildman–Crippen LogP) is 2.33. The maximum Gasteiger partial charge on any atom is 0.177 e. The van der Waals surface area contributed by atoms with Crippen LogP contribution in [0.25, 0.3) is 0 Å². The molecule has 1 aliphatic heterocycles. The second-order valence-corrected chi connectivity index (χ2v) is 5.89. The lowest BCUT2D eigenvalue weighted by atomic mass is 9.85. The average molecular weight is 284 g/mol. The number of rotatable bonds is 2. The molecular formula is C17H20N2O2. The largest absolute Gasteiger partial charge is 0.484 e. The molecule has 21 heavy (non-hydrogen) atoms. The van der Waals surface area contributed by atoms with Crippen LogP contribution in [-0.2, 0) is 0 Å². The van der Waals surface area contributed by atoms with E-state index in [-0.39, 0.29) is 17.8 Å². The van der Waals surface area contributed by atoms with Gasteiger partial charge < -0.3 is 14.5 Å². The van der Waals surface area contributed by atoms with Crippen molar-refractivity contribution < 1.29 is 9.53 Å². The normalized spacial score (nSPS) is 22.9. The molecule has 2 unspecified atom stereocenters. The van der Waals surface area contributed by atoms with Gasteiger partial charge in [0.15, 0.2) is 5.78 Å². The lowest BCUT2D eigenvalue weighted by Crippen LogP contribution is -2.37. The molecule has 0 fully saturated rings. The maximum atomic E-state index is 12.6. The highest BCUT2D eigenvalue weighted by Gasteiger charge is 2.36. The van der Waals surface area contributed by atoms with E-state index >= 15 is 0 Å². The summed E-state index contributed by atoms with van der Waals surface area (Å²) >= 11 is 0. The van der Waals surface area contributed by atoms with Crippen molar-refractivity contribution in [3.63, 3.8) is 0 Å². The van der Waals surface area contributed by atoms with Crippen molar-refractivity contribution in [2.75, 3.05) is 33.1 Å². The van der Waals surface area contributed by atoms with Gasteiger partial charge in [-0.15, -0.1) is 0 Å². The Bertz CT molecular complexity index is 644. The standard InChI is InChI=1S/C17H20N2O2/c1-18(2)11-5-7-13-15(9-11)21-16-10-12(19(3)4)6-8-14(16)17(13)20/h5-10,13,15H,1-4H3. The van der Waals surface area contributed by atoms with Crippen molar-refractivity contribution in [3.05, 3.63) is 47.7 Å². The van der Waals surface area contributed by atoms with Crippen molar-refractivity contribution in [1.82, 2.24) is 4.90 Å². The van der Waals surface area contributed by atoms with Crippen LogP contribution in [0.5, 0.6) is 5.75 Å². The third-order valence-corrected chi connectivity index (χ3v) is 3.99. The number of carbonyl (C=O) groups is 1. The molecule has 1 aromatic rings. The number of hydrogen-bond donors (Lipinski definition) is 0. The number of hydrogen-bond acceptors (Lipinski definition) is 4. The molecule has 0 N–H and O–H groups in total. The topological polar surface area (TPSA) is 32.8 Å². The van der Waals surface area contributed by atoms with Gasteiger partial charge in [0.25, 0.3) is 0 Å². The lowest BCUT2D eigenvalue weighted by molar-refractivity contribution is 0.0803. The second-order valence-electron chi connectivity index (χ2n) is 5.89. The van der Waals surface area contributed by atoms with Crippen molar-refractivity contribution in [1.29, 1.82) is 0 Å². The van der Waals surface area contributed by atoms with E-state index in [1.807, 2.05) is 74.4 Å². The van der Waals surface area contributed by atoms with Crippen LogP contribution >= 0.6 is 0 Å². The number of ether oxygens (including phenoxy) is 1. The predicted molar refractivity (Wildman–Crippen MR) is 83.9 cm³/mol. The van der Waals surface area contributed by atoms with Gasteiger partial charge in [-0.1, -0.05) is 6.08 Å². The fourth-order valence-corrected chi connectivity index (χ4v) is 2.70. The second kappa shape index (κ2) is 4.95. The Morgan fingerprint density at radius 2 is 1.86 bits per heavy atom. The van der Waals surface area contributed by atoms with E-state index in [2.05, 4.69) is 0 Å². The van der Waals surface area contributed by atoms with Gasteiger partial charge in [-0.2, -0.15) is 0 Å². The van der Waals surface area contributed by atoms with E-state index in [1.165, 1.54) is 0 Å². The summed E-state index contributed by atoms with van der Waals surface area (Å²) in [5.74, 6) is 0.598. The minimum absolute atomic E-state index is 0.136. The van der Waals surface area contributed by atoms with Crippen molar-refractivity contribution in [2.24, 2.45) is 5.92 Å². The summed E-state index contributed by atoms with van der Waals surface area (Å²) in [6.07, 6.45) is 5.74. The molecule has 0 bridgehead atoms. The Kier molecular flexibility index (Phi) is 3.24. The first-order chi connectivity index (χ1) is 9.97. The van der Waals surface area contributed by atoms with Crippen molar-refractivity contribution >= 4 is 11.5 Å². The fourth-order valence-electron chi connectivity index (χ4n) is 2.70. The summed E-state index contributed by atoms with van der Waals surface area (Å²) in [7, 11) is 7.92. The van der Waals surface area contributed by atoms with E-state index in [0.29, 0.717) is 11.3 Å². The van der Waals surface area contributed by atoms with Gasteiger partial charge in [0.1, 0.15) is 11.9 Å². The number of carbonyl (C=O) groups excluding carboxylic acids is 1. The number of allylic oxidation sites excluding steroid dienone is 1.